The molecule has 0 saturated carbocycles. The van der Waals surface area contributed by atoms with Gasteiger partial charge < -0.3 is 10.2 Å². The number of nitrogens with one attached hydrogen (secondary N) is 2. The SMILES string of the molecule is CSCC[C@@H]1N[C@@H](C(=O)NC(C)(C)C)[C@@H]2[C@@H](CC(C)C)N2C1=O. The van der Waals surface area contributed by atoms with Gasteiger partial charge in [-0.2, -0.15) is 11.8 Å². The molecule has 0 radical (unpaired) electrons. The van der Waals surface area contributed by atoms with Crippen molar-refractivity contribution in [2.75, 3.05) is 12.0 Å². The summed E-state index contributed by atoms with van der Waals surface area (Å²) in [6.45, 7) is 10.3. The Kier molecular flexibility index (Phi) is 5.67. The quantitative estimate of drug-likeness (QED) is 0.721. The predicted octanol–water partition coefficient (Wildman–Crippen LogP) is 1.62. The molecule has 2 saturated heterocycles. The molecule has 2 rings (SSSR count). The maximum atomic E-state index is 12.7. The van der Waals surface area contributed by atoms with Gasteiger partial charge in [-0.25, -0.2) is 0 Å². The van der Waals surface area contributed by atoms with Crippen LogP contribution in [0.5, 0.6) is 0 Å². The molecule has 2 aliphatic rings. The van der Waals surface area contributed by atoms with Gasteiger partial charge in [0.1, 0.15) is 6.04 Å². The lowest BCUT2D eigenvalue weighted by atomic mass is 10.00. The van der Waals surface area contributed by atoms with E-state index in [9.17, 15) is 9.59 Å². The van der Waals surface area contributed by atoms with Crippen molar-refractivity contribution in [3.8, 4) is 0 Å². The van der Waals surface area contributed by atoms with E-state index < -0.39 is 0 Å². The maximum absolute atomic E-state index is 12.7. The first kappa shape index (κ1) is 18.6. The van der Waals surface area contributed by atoms with Crippen molar-refractivity contribution in [1.82, 2.24) is 15.5 Å². The Balaban J connectivity index is 2.12. The first-order valence-electron chi connectivity index (χ1n) is 8.55. The summed E-state index contributed by atoms with van der Waals surface area (Å²) in [7, 11) is 0. The van der Waals surface area contributed by atoms with Gasteiger partial charge >= 0.3 is 0 Å². The van der Waals surface area contributed by atoms with Crippen molar-refractivity contribution in [3.63, 3.8) is 0 Å². The predicted molar refractivity (Wildman–Crippen MR) is 95.5 cm³/mol. The minimum absolute atomic E-state index is 0.0143. The number of thioether (sulfide) groups is 1. The van der Waals surface area contributed by atoms with Crippen molar-refractivity contribution in [2.45, 2.75) is 77.2 Å². The fraction of sp³-hybridized carbons (Fsp3) is 0.882. The number of carbonyl (C=O) groups excluding carboxylic acids is 2. The van der Waals surface area contributed by atoms with Crippen molar-refractivity contribution in [3.05, 3.63) is 0 Å². The van der Waals surface area contributed by atoms with Gasteiger partial charge in [-0.1, -0.05) is 13.8 Å². The van der Waals surface area contributed by atoms with Crippen LogP contribution in [0.1, 0.15) is 47.5 Å². The average Bonchev–Trinajstić information content (AvgIpc) is 3.09. The zero-order valence-corrected chi connectivity index (χ0v) is 16.0. The van der Waals surface area contributed by atoms with E-state index in [0.29, 0.717) is 5.92 Å². The summed E-state index contributed by atoms with van der Waals surface area (Å²) in [5, 5.41) is 6.41. The molecule has 23 heavy (non-hydrogen) atoms. The number of amides is 2. The summed E-state index contributed by atoms with van der Waals surface area (Å²) in [5.41, 5.74) is -0.262. The highest BCUT2D eigenvalue weighted by atomic mass is 32.2. The lowest BCUT2D eigenvalue weighted by molar-refractivity contribution is -0.133. The van der Waals surface area contributed by atoms with Gasteiger partial charge in [0, 0.05) is 5.54 Å². The highest BCUT2D eigenvalue weighted by Gasteiger charge is 2.61. The van der Waals surface area contributed by atoms with E-state index in [-0.39, 0.29) is 41.5 Å². The first-order valence-corrected chi connectivity index (χ1v) is 9.94. The van der Waals surface area contributed by atoms with Crippen LogP contribution >= 0.6 is 11.8 Å². The highest BCUT2D eigenvalue weighted by molar-refractivity contribution is 7.98. The molecule has 2 N–H and O–H groups in total. The third-order valence-electron chi connectivity index (χ3n) is 4.36. The third-order valence-corrected chi connectivity index (χ3v) is 5.01. The summed E-state index contributed by atoms with van der Waals surface area (Å²) in [6, 6.07) is -0.281. The van der Waals surface area contributed by atoms with Crippen LogP contribution in [0, 0.1) is 5.92 Å². The van der Waals surface area contributed by atoms with Gasteiger partial charge in [-0.15, -0.1) is 0 Å². The monoisotopic (exact) mass is 341 g/mol. The van der Waals surface area contributed by atoms with E-state index in [2.05, 4.69) is 24.5 Å². The Bertz CT molecular complexity index is 461. The third kappa shape index (κ3) is 4.41. The molecule has 0 bridgehead atoms. The summed E-state index contributed by atoms with van der Waals surface area (Å²) in [6.07, 6.45) is 3.78. The molecular weight excluding hydrogens is 310 g/mol. The number of carbonyl (C=O) groups is 2. The molecule has 2 heterocycles. The van der Waals surface area contributed by atoms with Gasteiger partial charge in [-0.3, -0.25) is 14.9 Å². The van der Waals surface area contributed by atoms with Crippen LogP contribution in [0.25, 0.3) is 0 Å². The van der Waals surface area contributed by atoms with E-state index in [0.717, 1.165) is 18.6 Å². The van der Waals surface area contributed by atoms with Crippen LogP contribution < -0.4 is 10.6 Å². The number of hydrogen-bond donors (Lipinski definition) is 2. The van der Waals surface area contributed by atoms with Crippen LogP contribution in [-0.4, -0.2) is 58.4 Å². The average molecular weight is 342 g/mol. The lowest BCUT2D eigenvalue weighted by Gasteiger charge is -2.31. The molecule has 2 fully saturated rings. The zero-order valence-electron chi connectivity index (χ0n) is 15.2. The maximum Gasteiger partial charge on any atom is 0.240 e. The number of piperazine rings is 1. The van der Waals surface area contributed by atoms with Crippen molar-refractivity contribution in [2.24, 2.45) is 5.92 Å². The van der Waals surface area contributed by atoms with Gasteiger partial charge in [-0.05, 0) is 51.5 Å². The molecule has 2 aliphatic heterocycles. The number of nitrogens with zero attached hydrogens (tertiary/aromatic N) is 1. The molecule has 0 aromatic rings. The van der Waals surface area contributed by atoms with Gasteiger partial charge in [0.05, 0.1) is 18.1 Å². The molecule has 0 aliphatic carbocycles. The Hall–Kier alpha value is -0.750. The molecule has 132 valence electrons. The fourth-order valence-electron chi connectivity index (χ4n) is 3.42. The Morgan fingerprint density at radius 1 is 1.39 bits per heavy atom. The van der Waals surface area contributed by atoms with E-state index in [1.807, 2.05) is 31.9 Å². The van der Waals surface area contributed by atoms with E-state index in [1.165, 1.54) is 0 Å². The Morgan fingerprint density at radius 3 is 2.57 bits per heavy atom. The van der Waals surface area contributed by atoms with Crippen LogP contribution in [0.3, 0.4) is 0 Å². The molecule has 0 unspecified atom stereocenters. The van der Waals surface area contributed by atoms with Crippen molar-refractivity contribution < 1.29 is 9.59 Å². The van der Waals surface area contributed by atoms with Crippen molar-refractivity contribution in [1.29, 1.82) is 0 Å². The highest BCUT2D eigenvalue weighted by Crippen LogP contribution is 2.40. The van der Waals surface area contributed by atoms with E-state index in [4.69, 9.17) is 0 Å². The summed E-state index contributed by atoms with van der Waals surface area (Å²) < 4.78 is 0. The molecular formula is C17H31N3O2S. The van der Waals surface area contributed by atoms with E-state index >= 15 is 0 Å². The summed E-state index contributed by atoms with van der Waals surface area (Å²) in [5.74, 6) is 1.63. The molecule has 0 spiro atoms. The second-order valence-corrected chi connectivity index (χ2v) is 9.14. The van der Waals surface area contributed by atoms with Gasteiger partial charge in [0.2, 0.25) is 11.8 Å². The van der Waals surface area contributed by atoms with E-state index in [1.54, 1.807) is 11.8 Å². The molecule has 6 heteroatoms. The van der Waals surface area contributed by atoms with Gasteiger partial charge in [0.25, 0.3) is 0 Å². The largest absolute Gasteiger partial charge is 0.350 e. The minimum atomic E-state index is -0.289. The smallest absolute Gasteiger partial charge is 0.240 e. The van der Waals surface area contributed by atoms with Crippen LogP contribution in [0.15, 0.2) is 0 Å². The van der Waals surface area contributed by atoms with Crippen LogP contribution in [0.2, 0.25) is 0 Å². The topological polar surface area (TPSA) is 61.2 Å². The first-order chi connectivity index (χ1) is 10.7. The molecule has 0 aromatic heterocycles. The van der Waals surface area contributed by atoms with Crippen molar-refractivity contribution >= 4 is 23.6 Å². The molecule has 0 aromatic carbocycles. The Morgan fingerprint density at radius 2 is 2.04 bits per heavy atom. The normalized spacial score (nSPS) is 30.4. The van der Waals surface area contributed by atoms with Gasteiger partial charge in [0.15, 0.2) is 0 Å². The standard InChI is InChI=1S/C17H31N3O2S/c1-10(2)9-12-14-13(15(21)19-17(3,4)5)18-11(7-8-23-6)16(22)20(12)14/h10-14,18H,7-9H2,1-6H3,(H,19,21)/t11-,12+,13+,14-,20?/m0/s1. The minimum Gasteiger partial charge on any atom is -0.350 e. The number of fused-ring (bicyclic) bond motifs is 1. The Labute approximate surface area is 144 Å². The zero-order chi connectivity index (χ0) is 17.4. The second kappa shape index (κ2) is 7.01. The van der Waals surface area contributed by atoms with Crippen LogP contribution in [0.4, 0.5) is 0 Å². The lowest BCUT2D eigenvalue weighted by Crippen LogP contribution is -2.61. The summed E-state index contributed by atoms with van der Waals surface area (Å²) in [4.78, 5) is 27.3. The fourth-order valence-corrected chi connectivity index (χ4v) is 3.89. The summed E-state index contributed by atoms with van der Waals surface area (Å²) >= 11 is 1.73. The molecule has 5 nitrogen and oxygen atoms in total. The molecule has 4 atom stereocenters. The second-order valence-electron chi connectivity index (χ2n) is 8.15. The number of hydrogen-bond acceptors (Lipinski definition) is 4. The number of rotatable bonds is 6. The van der Waals surface area contributed by atoms with Crippen LogP contribution in [-0.2, 0) is 9.59 Å². The molecule has 2 amide bonds.